The van der Waals surface area contributed by atoms with Crippen LogP contribution in [0.15, 0.2) is 30.3 Å². The molecular formula is C21H16ClF19N2O. The number of nitrogens with zero attached hydrogens (tertiary/aromatic N) is 2. The Kier molecular flexibility index (Phi) is 10.6. The molecule has 1 heterocycles. The number of halogens is 20. The number of piperazine rings is 1. The van der Waals surface area contributed by atoms with Crippen LogP contribution in [0.2, 0.25) is 0 Å². The van der Waals surface area contributed by atoms with Crippen molar-refractivity contribution < 1.29 is 88.2 Å². The van der Waals surface area contributed by atoms with E-state index in [1.807, 2.05) is 0 Å². The summed E-state index contributed by atoms with van der Waals surface area (Å²) in [5.74, 6) is -71.5. The molecule has 1 aliphatic heterocycles. The highest BCUT2D eigenvalue weighted by Crippen LogP contribution is 2.65. The van der Waals surface area contributed by atoms with E-state index in [2.05, 4.69) is 0 Å². The maximum absolute atomic E-state index is 14.3. The van der Waals surface area contributed by atoms with Gasteiger partial charge in [0.25, 0.3) is 5.91 Å². The lowest BCUT2D eigenvalue weighted by Gasteiger charge is -2.44. The molecule has 1 amide bonds. The molecule has 0 bridgehead atoms. The van der Waals surface area contributed by atoms with Crippen molar-refractivity contribution in [1.29, 1.82) is 0 Å². The summed E-state index contributed by atoms with van der Waals surface area (Å²) in [4.78, 5) is 13.0. The van der Waals surface area contributed by atoms with Crippen LogP contribution in [-0.2, 0) is 11.3 Å². The van der Waals surface area contributed by atoms with Gasteiger partial charge in [0.15, 0.2) is 0 Å². The Bertz CT molecular complexity index is 1150. The van der Waals surface area contributed by atoms with Crippen LogP contribution in [0, 0.1) is 0 Å². The first-order chi connectivity index (χ1) is 19.0. The van der Waals surface area contributed by atoms with Gasteiger partial charge in [-0.05, 0) is 5.56 Å². The van der Waals surface area contributed by atoms with Gasteiger partial charge in [-0.2, -0.15) is 83.4 Å². The second-order valence-electron chi connectivity index (χ2n) is 9.15. The van der Waals surface area contributed by atoms with Crippen molar-refractivity contribution in [3.63, 3.8) is 0 Å². The quantitative estimate of drug-likeness (QED) is 0.237. The summed E-state index contributed by atoms with van der Waals surface area (Å²) in [5.41, 5.74) is 0.595. The highest BCUT2D eigenvalue weighted by molar-refractivity contribution is 5.85. The van der Waals surface area contributed by atoms with Crippen LogP contribution in [-0.4, -0.2) is 95.4 Å². The topological polar surface area (TPSA) is 23.6 Å². The first-order valence-corrected chi connectivity index (χ1v) is 11.1. The Hall–Kier alpha value is -2.39. The van der Waals surface area contributed by atoms with Gasteiger partial charge in [-0.25, -0.2) is 0 Å². The summed E-state index contributed by atoms with van der Waals surface area (Å²) >= 11 is 0. The Morgan fingerprint density at radius 2 is 0.864 bits per heavy atom. The predicted octanol–water partition coefficient (Wildman–Crippen LogP) is 7.40. The van der Waals surface area contributed by atoms with Crippen LogP contribution < -0.4 is 0 Å². The summed E-state index contributed by atoms with van der Waals surface area (Å²) in [5, 5.41) is 0. The summed E-state index contributed by atoms with van der Waals surface area (Å²) in [6.07, 6.45) is -7.94. The van der Waals surface area contributed by atoms with Gasteiger partial charge in [-0.15, -0.1) is 12.4 Å². The van der Waals surface area contributed by atoms with Crippen LogP contribution in [0.5, 0.6) is 0 Å². The van der Waals surface area contributed by atoms with Gasteiger partial charge in [-0.1, -0.05) is 30.3 Å². The molecular weight excluding hydrogens is 693 g/mol. The van der Waals surface area contributed by atoms with Gasteiger partial charge in [0.2, 0.25) is 0 Å². The average Bonchev–Trinajstić information content (AvgIpc) is 2.87. The van der Waals surface area contributed by atoms with Crippen molar-refractivity contribution in [2.75, 3.05) is 26.2 Å². The maximum atomic E-state index is 14.3. The molecule has 0 aromatic heterocycles. The van der Waals surface area contributed by atoms with Gasteiger partial charge >= 0.3 is 53.6 Å². The lowest BCUT2D eigenvalue weighted by molar-refractivity contribution is -0.467. The monoisotopic (exact) mass is 708 g/mol. The molecule has 44 heavy (non-hydrogen) atoms. The third-order valence-corrected chi connectivity index (χ3v) is 6.29. The molecule has 0 spiro atoms. The Morgan fingerprint density at radius 3 is 1.23 bits per heavy atom. The lowest BCUT2D eigenvalue weighted by Crippen LogP contribution is -2.76. The molecule has 1 aliphatic rings. The molecule has 1 aromatic carbocycles. The fourth-order valence-electron chi connectivity index (χ4n) is 3.64. The highest BCUT2D eigenvalue weighted by Gasteiger charge is 2.97. The zero-order valence-electron chi connectivity index (χ0n) is 20.8. The molecule has 0 unspecified atom stereocenters. The number of hydrogen-bond donors (Lipinski definition) is 0. The number of alkyl halides is 19. The minimum absolute atomic E-state index is 0. The van der Waals surface area contributed by atoms with Crippen LogP contribution in [0.25, 0.3) is 0 Å². The van der Waals surface area contributed by atoms with Gasteiger partial charge in [-0.3, -0.25) is 9.69 Å². The Balaban J connectivity index is 0.00000968. The van der Waals surface area contributed by atoms with Crippen molar-refractivity contribution in [3.05, 3.63) is 35.9 Å². The van der Waals surface area contributed by atoms with E-state index in [0.29, 0.717) is 5.56 Å². The minimum atomic E-state index is -9.02. The summed E-state index contributed by atoms with van der Waals surface area (Å²) in [6, 6.07) is 7.86. The van der Waals surface area contributed by atoms with Crippen LogP contribution in [0.1, 0.15) is 5.56 Å². The smallest absolute Gasteiger partial charge is 0.335 e. The number of hydrogen-bond acceptors (Lipinski definition) is 2. The number of carbonyl (C=O) groups excluding carboxylic acids is 1. The van der Waals surface area contributed by atoms with Crippen molar-refractivity contribution in [3.8, 4) is 0 Å². The number of amides is 1. The zero-order valence-corrected chi connectivity index (χ0v) is 21.6. The van der Waals surface area contributed by atoms with Gasteiger partial charge in [0.1, 0.15) is 0 Å². The fraction of sp³-hybridized carbons (Fsp3) is 0.667. The standard InChI is InChI=1S/C21H15F19N2O.ClH/c22-13(23,12(43)42-8-6-41(7-9-42)10-11-4-2-1-3-5-11)14(24,25)15(26,27)16(28,29)17(30,31)18(32,33)19(34,35)20(36,37)21(38,39)40;/h1-5H,6-10H2;1H. The Morgan fingerprint density at radius 1 is 0.523 bits per heavy atom. The molecule has 0 N–H and O–H groups in total. The zero-order chi connectivity index (χ0) is 33.9. The average molecular weight is 709 g/mol. The molecule has 1 fully saturated rings. The van der Waals surface area contributed by atoms with Crippen LogP contribution in [0.4, 0.5) is 83.4 Å². The molecule has 0 aliphatic carbocycles. The molecule has 1 saturated heterocycles. The van der Waals surface area contributed by atoms with Gasteiger partial charge < -0.3 is 4.90 Å². The first-order valence-electron chi connectivity index (χ1n) is 11.1. The second-order valence-corrected chi connectivity index (χ2v) is 9.15. The fourth-order valence-corrected chi connectivity index (χ4v) is 3.64. The van der Waals surface area contributed by atoms with Crippen LogP contribution >= 0.6 is 12.4 Å². The molecule has 23 heteroatoms. The van der Waals surface area contributed by atoms with Gasteiger partial charge in [0, 0.05) is 32.7 Å². The maximum Gasteiger partial charge on any atom is 0.460 e. The van der Waals surface area contributed by atoms with E-state index in [1.165, 1.54) is 4.90 Å². The Labute approximate surface area is 239 Å². The largest absolute Gasteiger partial charge is 0.460 e. The van der Waals surface area contributed by atoms with E-state index in [1.54, 1.807) is 30.3 Å². The number of benzene rings is 1. The van der Waals surface area contributed by atoms with E-state index in [0.717, 1.165) is 0 Å². The SMILES string of the molecule is Cl.O=C(N1CCN(Cc2ccccc2)CC1)C(F)(F)C(F)(F)C(F)(F)C(F)(F)C(F)(F)C(F)(F)C(F)(F)C(F)(F)C(F)(F)F. The van der Waals surface area contributed by atoms with Crippen molar-refractivity contribution in [2.45, 2.75) is 60.1 Å². The molecule has 0 atom stereocenters. The third kappa shape index (κ3) is 5.72. The van der Waals surface area contributed by atoms with E-state index in [4.69, 9.17) is 0 Å². The molecule has 0 saturated carbocycles. The molecule has 3 nitrogen and oxygen atoms in total. The summed E-state index contributed by atoms with van der Waals surface area (Å²) < 4.78 is 256. The highest BCUT2D eigenvalue weighted by atomic mass is 35.5. The predicted molar refractivity (Wildman–Crippen MR) is 111 cm³/mol. The van der Waals surface area contributed by atoms with Crippen molar-refractivity contribution >= 4 is 18.3 Å². The van der Waals surface area contributed by atoms with E-state index < -0.39 is 85.6 Å². The lowest BCUT2D eigenvalue weighted by atomic mass is 9.87. The summed E-state index contributed by atoms with van der Waals surface area (Å²) in [6.45, 7) is -2.87. The number of carbonyl (C=O) groups is 1. The molecule has 0 radical (unpaired) electrons. The van der Waals surface area contributed by atoms with Crippen LogP contribution in [0.3, 0.4) is 0 Å². The van der Waals surface area contributed by atoms with Gasteiger partial charge in [0.05, 0.1) is 0 Å². The van der Waals surface area contributed by atoms with Crippen molar-refractivity contribution in [2.24, 2.45) is 0 Å². The second kappa shape index (κ2) is 11.8. The molecule has 256 valence electrons. The minimum Gasteiger partial charge on any atom is -0.335 e. The molecule has 2 rings (SSSR count). The molecule has 1 aromatic rings. The summed E-state index contributed by atoms with van der Waals surface area (Å²) in [7, 11) is 0. The first kappa shape index (κ1) is 39.6. The number of rotatable bonds is 10. The normalized spacial score (nSPS) is 17.4. The van der Waals surface area contributed by atoms with Crippen molar-refractivity contribution in [1.82, 2.24) is 9.80 Å². The van der Waals surface area contributed by atoms with E-state index in [9.17, 15) is 88.2 Å². The van der Waals surface area contributed by atoms with E-state index in [-0.39, 0.29) is 23.9 Å². The third-order valence-electron chi connectivity index (χ3n) is 6.29. The van der Waals surface area contributed by atoms with E-state index >= 15 is 0 Å².